The average Bonchev–Trinajstić information content (AvgIpc) is 3.78. The van der Waals surface area contributed by atoms with Gasteiger partial charge in [-0.3, -0.25) is 0 Å². The van der Waals surface area contributed by atoms with Gasteiger partial charge in [-0.2, -0.15) is 0 Å². The highest BCUT2D eigenvalue weighted by molar-refractivity contribution is 7.26. The first-order valence-corrected chi connectivity index (χ1v) is 18.1. The molecule has 0 aliphatic rings. The number of para-hydroxylation sites is 1. The molecule has 0 unspecified atom stereocenters. The van der Waals surface area contributed by atoms with Crippen LogP contribution in [-0.4, -0.2) is 0 Å². The van der Waals surface area contributed by atoms with Crippen molar-refractivity contribution >= 4 is 70.5 Å². The third-order valence-corrected chi connectivity index (χ3v) is 11.0. The maximum absolute atomic E-state index is 6.49. The molecular formula is C48H31NOS. The molecule has 0 saturated heterocycles. The number of nitrogens with zero attached hydrogens (tertiary/aromatic N) is 1. The normalized spacial score (nSPS) is 11.5. The highest BCUT2D eigenvalue weighted by atomic mass is 32.1. The van der Waals surface area contributed by atoms with Gasteiger partial charge in [0.25, 0.3) is 0 Å². The van der Waals surface area contributed by atoms with Crippen LogP contribution in [0.25, 0.3) is 75.5 Å². The molecule has 2 aromatic heterocycles. The first-order chi connectivity index (χ1) is 25.3. The van der Waals surface area contributed by atoms with Crippen molar-refractivity contribution in [1.82, 2.24) is 0 Å². The van der Waals surface area contributed by atoms with Gasteiger partial charge in [0.15, 0.2) is 0 Å². The highest BCUT2D eigenvalue weighted by Gasteiger charge is 2.23. The predicted octanol–water partition coefficient (Wildman–Crippen LogP) is 14.4. The Bertz CT molecular complexity index is 2790. The Kier molecular flexibility index (Phi) is 7.04. The van der Waals surface area contributed by atoms with Crippen LogP contribution >= 0.6 is 11.3 Å². The molecule has 2 nitrogen and oxygen atoms in total. The van der Waals surface area contributed by atoms with Gasteiger partial charge in [0.1, 0.15) is 11.2 Å². The summed E-state index contributed by atoms with van der Waals surface area (Å²) in [6.45, 7) is 0. The maximum Gasteiger partial charge on any atom is 0.137 e. The summed E-state index contributed by atoms with van der Waals surface area (Å²) >= 11 is 1.86. The SMILES string of the molecule is c1ccc(-c2cc(-c3ccccc3)cc(N(c3ccc4c(c3)oc3ccccc34)c3ccc(-c4ccccc4)c4c3sc3ccccc34)c2)cc1. The fraction of sp³-hybridized carbons (Fsp3) is 0. The van der Waals surface area contributed by atoms with E-state index in [-0.39, 0.29) is 0 Å². The minimum atomic E-state index is 0.870. The van der Waals surface area contributed by atoms with Crippen LogP contribution in [0.2, 0.25) is 0 Å². The summed E-state index contributed by atoms with van der Waals surface area (Å²) in [6, 6.07) is 67.4. The van der Waals surface area contributed by atoms with E-state index in [1.165, 1.54) is 42.4 Å². The summed E-state index contributed by atoms with van der Waals surface area (Å²) in [4.78, 5) is 2.43. The minimum absolute atomic E-state index is 0.870. The van der Waals surface area contributed by atoms with Crippen molar-refractivity contribution in [2.45, 2.75) is 0 Å². The van der Waals surface area contributed by atoms with Crippen molar-refractivity contribution < 1.29 is 4.42 Å². The quantitative estimate of drug-likeness (QED) is 0.175. The van der Waals surface area contributed by atoms with E-state index in [4.69, 9.17) is 4.42 Å². The summed E-state index contributed by atoms with van der Waals surface area (Å²) in [7, 11) is 0. The smallest absolute Gasteiger partial charge is 0.137 e. The van der Waals surface area contributed by atoms with Crippen molar-refractivity contribution in [3.63, 3.8) is 0 Å². The lowest BCUT2D eigenvalue weighted by Crippen LogP contribution is -2.10. The fourth-order valence-electron chi connectivity index (χ4n) is 7.46. The Hall–Kier alpha value is -6.42. The van der Waals surface area contributed by atoms with Gasteiger partial charge in [0.05, 0.1) is 10.4 Å². The molecular weight excluding hydrogens is 639 g/mol. The number of hydrogen-bond donors (Lipinski definition) is 0. The predicted molar refractivity (Wildman–Crippen MR) is 218 cm³/mol. The van der Waals surface area contributed by atoms with Crippen LogP contribution in [0.15, 0.2) is 192 Å². The number of anilines is 3. The average molecular weight is 670 g/mol. The van der Waals surface area contributed by atoms with Crippen molar-refractivity contribution in [2.75, 3.05) is 4.90 Å². The molecule has 51 heavy (non-hydrogen) atoms. The van der Waals surface area contributed by atoms with Crippen LogP contribution in [0.4, 0.5) is 17.1 Å². The molecule has 0 spiro atoms. The Morgan fingerprint density at radius 2 is 0.980 bits per heavy atom. The largest absolute Gasteiger partial charge is 0.456 e. The molecule has 0 atom stereocenters. The van der Waals surface area contributed by atoms with E-state index in [1.807, 2.05) is 23.5 Å². The summed E-state index contributed by atoms with van der Waals surface area (Å²) in [6.07, 6.45) is 0. The highest BCUT2D eigenvalue weighted by Crippen LogP contribution is 2.49. The molecule has 8 aromatic carbocycles. The van der Waals surface area contributed by atoms with Crippen molar-refractivity contribution in [2.24, 2.45) is 0 Å². The number of rotatable bonds is 6. The van der Waals surface area contributed by atoms with Gasteiger partial charge < -0.3 is 9.32 Å². The molecule has 0 saturated carbocycles. The first-order valence-electron chi connectivity index (χ1n) is 17.3. The van der Waals surface area contributed by atoms with E-state index in [0.717, 1.165) is 50.1 Å². The van der Waals surface area contributed by atoms with E-state index in [9.17, 15) is 0 Å². The van der Waals surface area contributed by atoms with Crippen LogP contribution < -0.4 is 4.90 Å². The second-order valence-corrected chi connectivity index (χ2v) is 14.0. The van der Waals surface area contributed by atoms with Crippen LogP contribution in [0.1, 0.15) is 0 Å². The number of benzene rings is 8. The van der Waals surface area contributed by atoms with Gasteiger partial charge >= 0.3 is 0 Å². The van der Waals surface area contributed by atoms with Crippen LogP contribution in [-0.2, 0) is 0 Å². The zero-order valence-corrected chi connectivity index (χ0v) is 28.5. The summed E-state index contributed by atoms with van der Waals surface area (Å²) < 4.78 is 9.00. The molecule has 0 aliphatic carbocycles. The molecule has 0 aliphatic heterocycles. The molecule has 240 valence electrons. The molecule has 10 aromatic rings. The lowest BCUT2D eigenvalue weighted by atomic mass is 9.96. The van der Waals surface area contributed by atoms with E-state index in [2.05, 4.69) is 181 Å². The summed E-state index contributed by atoms with van der Waals surface area (Å²) in [5, 5.41) is 4.79. The minimum Gasteiger partial charge on any atom is -0.456 e. The van der Waals surface area contributed by atoms with Gasteiger partial charge in [-0.15, -0.1) is 11.3 Å². The third kappa shape index (κ3) is 5.10. The number of hydrogen-bond acceptors (Lipinski definition) is 3. The van der Waals surface area contributed by atoms with Crippen LogP contribution in [0.5, 0.6) is 0 Å². The second kappa shape index (κ2) is 12.2. The van der Waals surface area contributed by atoms with E-state index >= 15 is 0 Å². The van der Waals surface area contributed by atoms with E-state index in [1.54, 1.807) is 0 Å². The number of fused-ring (bicyclic) bond motifs is 6. The van der Waals surface area contributed by atoms with Crippen molar-refractivity contribution in [3.8, 4) is 33.4 Å². The number of furan rings is 1. The Morgan fingerprint density at radius 3 is 1.69 bits per heavy atom. The summed E-state index contributed by atoms with van der Waals surface area (Å²) in [5.41, 5.74) is 12.1. The molecule has 0 fully saturated rings. The van der Waals surface area contributed by atoms with E-state index in [0.29, 0.717) is 0 Å². The molecule has 2 heterocycles. The summed E-state index contributed by atoms with van der Waals surface area (Å²) in [5.74, 6) is 0. The Balaban J connectivity index is 1.29. The van der Waals surface area contributed by atoms with Crippen LogP contribution in [0.3, 0.4) is 0 Å². The molecule has 0 amide bonds. The van der Waals surface area contributed by atoms with Gasteiger partial charge in [0.2, 0.25) is 0 Å². The second-order valence-electron chi connectivity index (χ2n) is 12.9. The zero-order chi connectivity index (χ0) is 33.7. The maximum atomic E-state index is 6.49. The third-order valence-electron chi connectivity index (χ3n) is 9.84. The van der Waals surface area contributed by atoms with Gasteiger partial charge in [0, 0.05) is 43.7 Å². The Morgan fingerprint density at radius 1 is 0.392 bits per heavy atom. The lowest BCUT2D eigenvalue weighted by molar-refractivity contribution is 0.669. The molecule has 0 N–H and O–H groups in total. The van der Waals surface area contributed by atoms with E-state index < -0.39 is 0 Å². The zero-order valence-electron chi connectivity index (χ0n) is 27.7. The lowest BCUT2D eigenvalue weighted by Gasteiger charge is -2.28. The molecule has 0 bridgehead atoms. The van der Waals surface area contributed by atoms with Gasteiger partial charge in [-0.05, 0) is 81.9 Å². The van der Waals surface area contributed by atoms with Crippen molar-refractivity contribution in [1.29, 1.82) is 0 Å². The molecule has 10 rings (SSSR count). The fourth-order valence-corrected chi connectivity index (χ4v) is 8.70. The van der Waals surface area contributed by atoms with Crippen molar-refractivity contribution in [3.05, 3.63) is 188 Å². The van der Waals surface area contributed by atoms with Gasteiger partial charge in [-0.1, -0.05) is 133 Å². The molecule has 0 radical (unpaired) electrons. The first kappa shape index (κ1) is 29.5. The topological polar surface area (TPSA) is 16.4 Å². The number of thiophene rings is 1. The molecule has 3 heteroatoms. The monoisotopic (exact) mass is 669 g/mol. The van der Waals surface area contributed by atoms with Crippen LogP contribution in [0, 0.1) is 0 Å². The standard InChI is InChI=1S/C48H31NOS/c1-4-14-32(15-5-1)35-28-36(33-16-6-2-7-17-33)30-38(29-35)49(37-24-25-41-40-20-10-12-22-44(40)50-45(41)31-37)43-27-26-39(34-18-8-3-9-19-34)47-42-21-11-13-23-46(42)51-48(43)47/h1-31H. The Labute approximate surface area is 300 Å². The van der Waals surface area contributed by atoms with Gasteiger partial charge in [-0.25, -0.2) is 0 Å².